The Labute approximate surface area is 227 Å². The number of nitrogens with zero attached hydrogens (tertiary/aromatic N) is 2. The molecule has 0 aliphatic heterocycles. The third-order valence-corrected chi connectivity index (χ3v) is 7.01. The van der Waals surface area contributed by atoms with Gasteiger partial charge in [-0.25, -0.2) is 0 Å². The van der Waals surface area contributed by atoms with E-state index in [1.54, 1.807) is 0 Å². The second-order valence-corrected chi connectivity index (χ2v) is 9.48. The van der Waals surface area contributed by atoms with Gasteiger partial charge in [-0.1, -0.05) is 78.9 Å². The molecule has 6 aromatic carbocycles. The minimum absolute atomic E-state index is 0.890. The Bertz CT molecular complexity index is 1820. The molecule has 0 fully saturated rings. The van der Waals surface area contributed by atoms with Gasteiger partial charge in [0.25, 0.3) is 0 Å². The molecule has 1 heterocycles. The number of hydrogen-bond acceptors (Lipinski definition) is 3. The Balaban J connectivity index is 1.40. The molecule has 0 aliphatic carbocycles. The summed E-state index contributed by atoms with van der Waals surface area (Å²) in [5.41, 5.74) is 8.33. The molecule has 0 aliphatic rings. The third-order valence-electron chi connectivity index (χ3n) is 7.01. The normalized spacial score (nSPS) is 11.1. The van der Waals surface area contributed by atoms with Crippen molar-refractivity contribution in [3.05, 3.63) is 158 Å². The van der Waals surface area contributed by atoms with Gasteiger partial charge in [-0.05, 0) is 78.9 Å². The Kier molecular flexibility index (Phi) is 5.80. The van der Waals surface area contributed by atoms with E-state index in [4.69, 9.17) is 4.42 Å². The number of benzene rings is 6. The highest BCUT2D eigenvalue weighted by Crippen LogP contribution is 2.41. The van der Waals surface area contributed by atoms with Gasteiger partial charge < -0.3 is 14.2 Å². The highest BCUT2D eigenvalue weighted by Gasteiger charge is 2.18. The number of para-hydroxylation sites is 4. The van der Waals surface area contributed by atoms with E-state index in [2.05, 4.69) is 155 Å². The Morgan fingerprint density at radius 3 is 1.33 bits per heavy atom. The van der Waals surface area contributed by atoms with Gasteiger partial charge in [-0.15, -0.1) is 0 Å². The van der Waals surface area contributed by atoms with Gasteiger partial charge in [0.2, 0.25) is 0 Å². The molecular weight excluding hydrogens is 476 g/mol. The lowest BCUT2D eigenvalue weighted by Gasteiger charge is -2.29. The molecule has 0 spiro atoms. The fraction of sp³-hybridized carbons (Fsp3) is 0. The predicted octanol–water partition coefficient (Wildman–Crippen LogP) is 10.5. The van der Waals surface area contributed by atoms with Crippen LogP contribution >= 0.6 is 0 Å². The smallest absolute Gasteiger partial charge is 0.135 e. The first kappa shape index (κ1) is 22.9. The zero-order valence-corrected chi connectivity index (χ0v) is 21.3. The number of rotatable bonds is 6. The topological polar surface area (TPSA) is 19.6 Å². The van der Waals surface area contributed by atoms with Crippen LogP contribution in [0.5, 0.6) is 0 Å². The molecule has 0 amide bonds. The maximum atomic E-state index is 6.12. The van der Waals surface area contributed by atoms with Crippen LogP contribution in [0.1, 0.15) is 0 Å². The van der Waals surface area contributed by atoms with Crippen LogP contribution in [-0.4, -0.2) is 0 Å². The van der Waals surface area contributed by atoms with Gasteiger partial charge in [0.05, 0.1) is 0 Å². The van der Waals surface area contributed by atoms with Gasteiger partial charge in [0.15, 0.2) is 0 Å². The molecule has 39 heavy (non-hydrogen) atoms. The van der Waals surface area contributed by atoms with Gasteiger partial charge in [0, 0.05) is 44.9 Å². The summed E-state index contributed by atoms with van der Waals surface area (Å²) < 4.78 is 6.12. The van der Waals surface area contributed by atoms with Crippen molar-refractivity contribution < 1.29 is 4.42 Å². The minimum atomic E-state index is 0.890. The lowest BCUT2D eigenvalue weighted by molar-refractivity contribution is 0.669. The van der Waals surface area contributed by atoms with Gasteiger partial charge in [-0.3, -0.25) is 0 Å². The highest BCUT2D eigenvalue weighted by molar-refractivity contribution is 6.06. The second-order valence-electron chi connectivity index (χ2n) is 9.48. The van der Waals surface area contributed by atoms with Gasteiger partial charge in [-0.2, -0.15) is 0 Å². The molecule has 0 bridgehead atoms. The molecule has 186 valence electrons. The molecule has 0 saturated carbocycles. The monoisotopic (exact) mass is 502 g/mol. The zero-order chi connectivity index (χ0) is 26.0. The van der Waals surface area contributed by atoms with Crippen LogP contribution < -0.4 is 9.80 Å². The number of anilines is 6. The number of furan rings is 1. The summed E-state index contributed by atoms with van der Waals surface area (Å²) in [6.07, 6.45) is 0. The molecule has 0 saturated heterocycles. The molecule has 0 radical (unpaired) electrons. The molecule has 0 atom stereocenters. The van der Waals surface area contributed by atoms with Crippen molar-refractivity contribution in [1.29, 1.82) is 0 Å². The number of hydrogen-bond donors (Lipinski definition) is 0. The standard InChI is InChI=1S/C36H26N2O/c1-4-13-27(14-5-1)37(28-15-6-2-7-16-28)30-19-12-20-31(25-30)38(29-17-8-3-9-18-29)32-23-24-36-34(26-32)33-21-10-11-22-35(33)39-36/h1-26H. The van der Waals surface area contributed by atoms with Crippen LogP contribution in [0, 0.1) is 0 Å². The fourth-order valence-corrected chi connectivity index (χ4v) is 5.25. The van der Waals surface area contributed by atoms with Crippen molar-refractivity contribution in [2.24, 2.45) is 0 Å². The summed E-state index contributed by atoms with van der Waals surface area (Å²) in [6.45, 7) is 0. The lowest BCUT2D eigenvalue weighted by Crippen LogP contribution is -2.13. The number of fused-ring (bicyclic) bond motifs is 3. The van der Waals surface area contributed by atoms with Crippen molar-refractivity contribution in [2.75, 3.05) is 9.80 Å². The van der Waals surface area contributed by atoms with Crippen LogP contribution in [0.3, 0.4) is 0 Å². The maximum absolute atomic E-state index is 6.12. The first-order valence-corrected chi connectivity index (χ1v) is 13.1. The van der Waals surface area contributed by atoms with Crippen molar-refractivity contribution in [2.45, 2.75) is 0 Å². The first-order chi connectivity index (χ1) is 19.3. The molecule has 0 N–H and O–H groups in total. The second kappa shape index (κ2) is 9.88. The summed E-state index contributed by atoms with van der Waals surface area (Å²) in [5.74, 6) is 0. The van der Waals surface area contributed by atoms with E-state index in [1.165, 1.54) is 0 Å². The molecule has 1 aromatic heterocycles. The summed E-state index contributed by atoms with van der Waals surface area (Å²) in [4.78, 5) is 4.60. The van der Waals surface area contributed by atoms with E-state index in [9.17, 15) is 0 Å². The van der Waals surface area contributed by atoms with Crippen LogP contribution in [-0.2, 0) is 0 Å². The van der Waals surface area contributed by atoms with Crippen molar-refractivity contribution in [1.82, 2.24) is 0 Å². The Morgan fingerprint density at radius 2 is 0.744 bits per heavy atom. The van der Waals surface area contributed by atoms with Gasteiger partial charge >= 0.3 is 0 Å². The first-order valence-electron chi connectivity index (χ1n) is 13.1. The molecule has 0 unspecified atom stereocenters. The Hall–Kier alpha value is -5.28. The van der Waals surface area contributed by atoms with Gasteiger partial charge in [0.1, 0.15) is 11.2 Å². The quantitative estimate of drug-likeness (QED) is 0.225. The average Bonchev–Trinajstić information content (AvgIpc) is 3.38. The minimum Gasteiger partial charge on any atom is -0.456 e. The Morgan fingerprint density at radius 1 is 0.308 bits per heavy atom. The van der Waals surface area contributed by atoms with Crippen LogP contribution in [0.2, 0.25) is 0 Å². The fourth-order valence-electron chi connectivity index (χ4n) is 5.25. The van der Waals surface area contributed by atoms with E-state index in [1.807, 2.05) is 12.1 Å². The summed E-state index contributed by atoms with van der Waals surface area (Å²) in [7, 11) is 0. The van der Waals surface area contributed by atoms with Crippen molar-refractivity contribution in [3.63, 3.8) is 0 Å². The van der Waals surface area contributed by atoms with E-state index >= 15 is 0 Å². The van der Waals surface area contributed by atoms with Crippen molar-refractivity contribution >= 4 is 56.1 Å². The molecular formula is C36H26N2O. The average molecular weight is 503 g/mol. The van der Waals surface area contributed by atoms with E-state index < -0.39 is 0 Å². The molecule has 7 rings (SSSR count). The van der Waals surface area contributed by atoms with E-state index in [0.717, 1.165) is 56.1 Å². The van der Waals surface area contributed by atoms with Crippen LogP contribution in [0.25, 0.3) is 21.9 Å². The summed E-state index contributed by atoms with van der Waals surface area (Å²) in [5, 5.41) is 2.23. The lowest BCUT2D eigenvalue weighted by atomic mass is 10.1. The largest absolute Gasteiger partial charge is 0.456 e. The SMILES string of the molecule is c1ccc(N(c2ccccc2)c2cccc(N(c3ccccc3)c3ccc4oc5ccccc5c4c3)c2)cc1. The summed E-state index contributed by atoms with van der Waals surface area (Å²) >= 11 is 0. The molecule has 7 aromatic rings. The molecule has 3 nitrogen and oxygen atoms in total. The highest BCUT2D eigenvalue weighted by atomic mass is 16.3. The zero-order valence-electron chi connectivity index (χ0n) is 21.3. The van der Waals surface area contributed by atoms with Crippen molar-refractivity contribution in [3.8, 4) is 0 Å². The third kappa shape index (κ3) is 4.30. The van der Waals surface area contributed by atoms with Crippen LogP contribution in [0.15, 0.2) is 162 Å². The van der Waals surface area contributed by atoms with E-state index in [-0.39, 0.29) is 0 Å². The molecule has 3 heteroatoms. The predicted molar refractivity (Wildman–Crippen MR) is 163 cm³/mol. The maximum Gasteiger partial charge on any atom is 0.135 e. The van der Waals surface area contributed by atoms with E-state index in [0.29, 0.717) is 0 Å². The van der Waals surface area contributed by atoms with Crippen LogP contribution in [0.4, 0.5) is 34.1 Å². The summed E-state index contributed by atoms with van der Waals surface area (Å²) in [6, 6.07) is 54.9.